The quantitative estimate of drug-likeness (QED) is 0.611. The maximum Gasteiger partial charge on any atom is 0.352 e. The van der Waals surface area contributed by atoms with Crippen molar-refractivity contribution in [3.05, 3.63) is 17.0 Å². The van der Waals surface area contributed by atoms with E-state index in [9.17, 15) is 4.79 Å². The molecule has 0 spiro atoms. The fourth-order valence-electron chi connectivity index (χ4n) is 1.34. The van der Waals surface area contributed by atoms with E-state index in [1.807, 2.05) is 6.92 Å². The summed E-state index contributed by atoms with van der Waals surface area (Å²) < 4.78 is 14.0. The smallest absolute Gasteiger partial charge is 0.352 e. The molecular formula is C11H13N3O3S. The highest BCUT2D eigenvalue weighted by Crippen LogP contribution is 2.23. The van der Waals surface area contributed by atoms with Gasteiger partial charge in [0.1, 0.15) is 17.7 Å². The maximum absolute atomic E-state index is 11.8. The predicted octanol–water partition coefficient (Wildman–Crippen LogP) is 2.46. The Labute approximate surface area is 108 Å². The van der Waals surface area contributed by atoms with Crippen LogP contribution in [0, 0.1) is 6.92 Å². The van der Waals surface area contributed by atoms with Crippen LogP contribution in [0.3, 0.4) is 0 Å². The van der Waals surface area contributed by atoms with Crippen LogP contribution >= 0.6 is 11.5 Å². The molecule has 2 heterocycles. The number of hydrogen-bond acceptors (Lipinski definition) is 7. The van der Waals surface area contributed by atoms with Crippen molar-refractivity contribution >= 4 is 17.5 Å². The minimum absolute atomic E-state index is 0.361. The lowest BCUT2D eigenvalue weighted by Gasteiger charge is -2.01. The van der Waals surface area contributed by atoms with E-state index in [1.54, 1.807) is 6.92 Å². The molecule has 7 heteroatoms. The summed E-state index contributed by atoms with van der Waals surface area (Å²) in [7, 11) is 0. The lowest BCUT2D eigenvalue weighted by molar-refractivity contribution is 0.0506. The van der Waals surface area contributed by atoms with Crippen molar-refractivity contribution < 1.29 is 13.9 Å². The first-order chi connectivity index (χ1) is 8.72. The number of carbonyl (C=O) groups is 1. The van der Waals surface area contributed by atoms with E-state index in [4.69, 9.17) is 9.15 Å². The van der Waals surface area contributed by atoms with Gasteiger partial charge in [-0.3, -0.25) is 0 Å². The molecule has 2 aromatic heterocycles. The molecule has 0 saturated heterocycles. The van der Waals surface area contributed by atoms with Crippen LogP contribution in [0.2, 0.25) is 0 Å². The third-order valence-corrected chi connectivity index (χ3v) is 2.97. The van der Waals surface area contributed by atoms with Crippen molar-refractivity contribution in [2.75, 3.05) is 6.61 Å². The second-order valence-corrected chi connectivity index (χ2v) is 4.45. The number of nitrogens with zero attached hydrogens (tertiary/aromatic N) is 3. The molecule has 0 amide bonds. The molecule has 0 atom stereocenters. The Morgan fingerprint density at radius 3 is 3.06 bits per heavy atom. The Balaban J connectivity index is 2.15. The first-order valence-corrected chi connectivity index (χ1v) is 6.41. The summed E-state index contributed by atoms with van der Waals surface area (Å²) in [6, 6.07) is 0. The van der Waals surface area contributed by atoms with E-state index in [2.05, 4.69) is 14.6 Å². The van der Waals surface area contributed by atoms with Gasteiger partial charge in [0.15, 0.2) is 10.8 Å². The van der Waals surface area contributed by atoms with Crippen molar-refractivity contribution in [1.29, 1.82) is 0 Å². The Morgan fingerprint density at radius 1 is 1.56 bits per heavy atom. The van der Waals surface area contributed by atoms with Crippen LogP contribution in [0.1, 0.15) is 35.3 Å². The lowest BCUT2D eigenvalue weighted by atomic mass is 10.3. The molecule has 0 aliphatic heterocycles. The highest BCUT2D eigenvalue weighted by Gasteiger charge is 2.21. The highest BCUT2D eigenvalue weighted by molar-refractivity contribution is 7.08. The molecule has 0 N–H and O–H groups in total. The van der Waals surface area contributed by atoms with Gasteiger partial charge in [-0.15, -0.1) is 5.10 Å². The van der Waals surface area contributed by atoms with Crippen molar-refractivity contribution in [3.8, 4) is 11.4 Å². The van der Waals surface area contributed by atoms with E-state index < -0.39 is 5.97 Å². The van der Waals surface area contributed by atoms with Gasteiger partial charge in [-0.25, -0.2) is 9.78 Å². The third-order valence-electron chi connectivity index (χ3n) is 2.27. The number of ether oxygens (including phenoxy) is 1. The van der Waals surface area contributed by atoms with E-state index in [-0.39, 0.29) is 0 Å². The van der Waals surface area contributed by atoms with Gasteiger partial charge in [0.05, 0.1) is 6.61 Å². The van der Waals surface area contributed by atoms with E-state index >= 15 is 0 Å². The SMILES string of the molecule is CCCCOC(=O)c1snnc1-c1coc(C)n1. The summed E-state index contributed by atoms with van der Waals surface area (Å²) in [4.78, 5) is 16.3. The zero-order valence-corrected chi connectivity index (χ0v) is 11.0. The molecule has 96 valence electrons. The first kappa shape index (κ1) is 12.7. The summed E-state index contributed by atoms with van der Waals surface area (Å²) in [5.74, 6) is 0.109. The Hall–Kier alpha value is -1.76. The minimum atomic E-state index is -0.408. The third kappa shape index (κ3) is 2.73. The van der Waals surface area contributed by atoms with Crippen LogP contribution in [0.5, 0.6) is 0 Å². The summed E-state index contributed by atoms with van der Waals surface area (Å²) in [5.41, 5.74) is 0.919. The van der Waals surface area contributed by atoms with Crippen molar-refractivity contribution in [2.45, 2.75) is 26.7 Å². The zero-order valence-electron chi connectivity index (χ0n) is 10.2. The number of carbonyl (C=O) groups excluding carboxylic acids is 1. The molecule has 2 aromatic rings. The highest BCUT2D eigenvalue weighted by atomic mass is 32.1. The number of unbranched alkanes of at least 4 members (excludes halogenated alkanes) is 1. The average Bonchev–Trinajstić information content (AvgIpc) is 2.97. The van der Waals surface area contributed by atoms with E-state index in [0.717, 1.165) is 24.4 Å². The average molecular weight is 267 g/mol. The van der Waals surface area contributed by atoms with Crippen LogP contribution in [0.15, 0.2) is 10.7 Å². The van der Waals surface area contributed by atoms with Crippen LogP contribution in [-0.4, -0.2) is 27.1 Å². The molecule has 0 unspecified atom stereocenters. The van der Waals surface area contributed by atoms with Crippen molar-refractivity contribution in [3.63, 3.8) is 0 Å². The largest absolute Gasteiger partial charge is 0.461 e. The molecule has 6 nitrogen and oxygen atoms in total. The number of hydrogen-bond donors (Lipinski definition) is 0. The first-order valence-electron chi connectivity index (χ1n) is 5.64. The van der Waals surface area contributed by atoms with Crippen molar-refractivity contribution in [1.82, 2.24) is 14.6 Å². The number of rotatable bonds is 5. The topological polar surface area (TPSA) is 78.1 Å². The second kappa shape index (κ2) is 5.72. The van der Waals surface area contributed by atoms with Crippen LogP contribution in [-0.2, 0) is 4.74 Å². The van der Waals surface area contributed by atoms with E-state index in [0.29, 0.717) is 28.8 Å². The van der Waals surface area contributed by atoms with Crippen LogP contribution in [0.25, 0.3) is 11.4 Å². The monoisotopic (exact) mass is 267 g/mol. The number of esters is 1. The van der Waals surface area contributed by atoms with Gasteiger partial charge >= 0.3 is 5.97 Å². The molecule has 0 aromatic carbocycles. The molecule has 0 aliphatic rings. The zero-order chi connectivity index (χ0) is 13.0. The molecule has 0 saturated carbocycles. The van der Waals surface area contributed by atoms with Gasteiger partial charge in [-0.1, -0.05) is 17.8 Å². The molecule has 2 rings (SSSR count). The van der Waals surface area contributed by atoms with Crippen molar-refractivity contribution in [2.24, 2.45) is 0 Å². The Morgan fingerprint density at radius 2 is 2.39 bits per heavy atom. The minimum Gasteiger partial charge on any atom is -0.461 e. The standard InChI is InChI=1S/C11H13N3O3S/c1-3-4-5-16-11(15)10-9(13-14-18-10)8-6-17-7(2)12-8/h6H,3-5H2,1-2H3. The van der Waals surface area contributed by atoms with Crippen LogP contribution in [0.4, 0.5) is 0 Å². The molecule has 0 bridgehead atoms. The summed E-state index contributed by atoms with van der Waals surface area (Å²) in [5, 5.41) is 3.89. The van der Waals surface area contributed by atoms with Gasteiger partial charge in [-0.05, 0) is 18.0 Å². The number of aryl methyl sites for hydroxylation is 1. The van der Waals surface area contributed by atoms with Gasteiger partial charge in [0, 0.05) is 6.92 Å². The molecule has 0 aliphatic carbocycles. The van der Waals surface area contributed by atoms with Gasteiger partial charge < -0.3 is 9.15 Å². The second-order valence-electron chi connectivity index (χ2n) is 3.69. The summed E-state index contributed by atoms with van der Waals surface area (Å²) >= 11 is 1.00. The normalized spacial score (nSPS) is 10.6. The Bertz CT molecular complexity index is 535. The molecular weight excluding hydrogens is 254 g/mol. The molecule has 0 radical (unpaired) electrons. The number of aromatic nitrogens is 3. The predicted molar refractivity (Wildman–Crippen MR) is 65.3 cm³/mol. The fourth-order valence-corrected chi connectivity index (χ4v) is 1.91. The van der Waals surface area contributed by atoms with Gasteiger partial charge in [0.25, 0.3) is 0 Å². The Kier molecular flexibility index (Phi) is 4.03. The van der Waals surface area contributed by atoms with Crippen LogP contribution < -0.4 is 0 Å². The maximum atomic E-state index is 11.8. The fraction of sp³-hybridized carbons (Fsp3) is 0.455. The molecule has 0 fully saturated rings. The number of oxazole rings is 1. The van der Waals surface area contributed by atoms with Gasteiger partial charge in [0.2, 0.25) is 0 Å². The molecule has 18 heavy (non-hydrogen) atoms. The summed E-state index contributed by atoms with van der Waals surface area (Å²) in [6.07, 6.45) is 3.27. The lowest BCUT2D eigenvalue weighted by Crippen LogP contribution is -2.06. The van der Waals surface area contributed by atoms with Gasteiger partial charge in [-0.2, -0.15) is 0 Å². The van der Waals surface area contributed by atoms with E-state index in [1.165, 1.54) is 6.26 Å². The summed E-state index contributed by atoms with van der Waals surface area (Å²) in [6.45, 7) is 4.17.